The molecule has 136 valence electrons. The molecule has 2 atom stereocenters. The van der Waals surface area contributed by atoms with E-state index >= 15 is 0 Å². The summed E-state index contributed by atoms with van der Waals surface area (Å²) in [6.07, 6.45) is 2.80. The number of hydrogen-bond donors (Lipinski definition) is 2. The van der Waals surface area contributed by atoms with Crippen molar-refractivity contribution in [3.05, 3.63) is 23.8 Å². The van der Waals surface area contributed by atoms with Gasteiger partial charge in [0.15, 0.2) is 17.5 Å². The van der Waals surface area contributed by atoms with E-state index in [4.69, 9.17) is 14.2 Å². The second-order valence-corrected chi connectivity index (χ2v) is 6.74. The predicted octanol–water partition coefficient (Wildman–Crippen LogP) is 0.944. The Morgan fingerprint density at radius 3 is 3.12 bits per heavy atom. The van der Waals surface area contributed by atoms with Crippen LogP contribution in [0.4, 0.5) is 0 Å². The van der Waals surface area contributed by atoms with Crippen LogP contribution in [0.1, 0.15) is 18.4 Å². The average molecular weight is 346 g/mol. The zero-order valence-corrected chi connectivity index (χ0v) is 14.7. The van der Waals surface area contributed by atoms with Crippen LogP contribution in [0, 0.1) is 0 Å². The molecule has 2 unspecified atom stereocenters. The highest BCUT2D eigenvalue weighted by molar-refractivity contribution is 5.79. The van der Waals surface area contributed by atoms with Crippen molar-refractivity contribution in [1.82, 2.24) is 15.5 Å². The molecule has 7 heteroatoms. The Morgan fingerprint density at radius 1 is 1.28 bits per heavy atom. The van der Waals surface area contributed by atoms with Gasteiger partial charge < -0.3 is 24.8 Å². The van der Waals surface area contributed by atoms with Gasteiger partial charge in [-0.3, -0.25) is 9.89 Å². The largest absolute Gasteiger partial charge is 0.454 e. The highest BCUT2D eigenvalue weighted by atomic mass is 16.7. The molecule has 3 aliphatic heterocycles. The fraction of sp³-hybridized carbons (Fsp3) is 0.611. The van der Waals surface area contributed by atoms with Gasteiger partial charge in [0.2, 0.25) is 6.79 Å². The molecule has 3 heterocycles. The third-order valence-corrected chi connectivity index (χ3v) is 5.08. The molecule has 0 aromatic heterocycles. The molecule has 0 amide bonds. The first kappa shape index (κ1) is 16.5. The maximum Gasteiger partial charge on any atom is 0.231 e. The number of morpholine rings is 1. The minimum Gasteiger partial charge on any atom is -0.454 e. The molecule has 0 aliphatic carbocycles. The number of aliphatic imine (C=N–C) groups is 1. The van der Waals surface area contributed by atoms with Crippen molar-refractivity contribution >= 4 is 5.96 Å². The Kier molecular flexibility index (Phi) is 4.94. The summed E-state index contributed by atoms with van der Waals surface area (Å²) in [5.41, 5.74) is 1.13. The van der Waals surface area contributed by atoms with Crippen molar-refractivity contribution in [1.29, 1.82) is 0 Å². The molecule has 2 N–H and O–H groups in total. The van der Waals surface area contributed by atoms with Gasteiger partial charge in [-0.2, -0.15) is 0 Å². The summed E-state index contributed by atoms with van der Waals surface area (Å²) in [4.78, 5) is 6.85. The van der Waals surface area contributed by atoms with E-state index in [1.165, 1.54) is 19.4 Å². The minimum absolute atomic E-state index is 0.221. The van der Waals surface area contributed by atoms with Crippen molar-refractivity contribution in [2.45, 2.75) is 31.5 Å². The third-order valence-electron chi connectivity index (χ3n) is 5.08. The SMILES string of the molecule is CN=C(NCc1ccc2c(c1)OCO2)NCC1CN2CCCC2CO1. The molecule has 3 aliphatic rings. The van der Waals surface area contributed by atoms with Crippen LogP contribution < -0.4 is 20.1 Å². The Bertz CT molecular complexity index is 637. The first-order valence-corrected chi connectivity index (χ1v) is 9.00. The molecule has 0 spiro atoms. The highest BCUT2D eigenvalue weighted by Crippen LogP contribution is 2.32. The van der Waals surface area contributed by atoms with Gasteiger partial charge in [0.05, 0.1) is 12.7 Å². The molecule has 1 aromatic carbocycles. The van der Waals surface area contributed by atoms with Crippen LogP contribution in [-0.2, 0) is 11.3 Å². The van der Waals surface area contributed by atoms with Crippen LogP contribution in [0.25, 0.3) is 0 Å². The predicted molar refractivity (Wildman–Crippen MR) is 95.1 cm³/mol. The van der Waals surface area contributed by atoms with Crippen LogP contribution in [0.15, 0.2) is 23.2 Å². The summed E-state index contributed by atoms with van der Waals surface area (Å²) in [5.74, 6) is 2.39. The van der Waals surface area contributed by atoms with Gasteiger partial charge in [0.25, 0.3) is 0 Å². The number of rotatable bonds is 4. The highest BCUT2D eigenvalue weighted by Gasteiger charge is 2.32. The van der Waals surface area contributed by atoms with E-state index in [0.717, 1.165) is 42.7 Å². The molecule has 1 aromatic rings. The second-order valence-electron chi connectivity index (χ2n) is 6.74. The van der Waals surface area contributed by atoms with Gasteiger partial charge in [0.1, 0.15) is 0 Å². The lowest BCUT2D eigenvalue weighted by molar-refractivity contribution is -0.0453. The van der Waals surface area contributed by atoms with Crippen molar-refractivity contribution in [3.63, 3.8) is 0 Å². The molecule has 0 saturated carbocycles. The number of guanidine groups is 1. The summed E-state index contributed by atoms with van der Waals surface area (Å²) in [6, 6.07) is 6.61. The number of benzene rings is 1. The van der Waals surface area contributed by atoms with Crippen LogP contribution >= 0.6 is 0 Å². The quantitative estimate of drug-likeness (QED) is 0.625. The molecule has 2 saturated heterocycles. The van der Waals surface area contributed by atoms with E-state index in [1.807, 2.05) is 18.2 Å². The van der Waals surface area contributed by atoms with Gasteiger partial charge in [-0.15, -0.1) is 0 Å². The number of nitrogens with zero attached hydrogens (tertiary/aromatic N) is 2. The van der Waals surface area contributed by atoms with Crippen molar-refractivity contribution < 1.29 is 14.2 Å². The summed E-state index contributed by atoms with van der Waals surface area (Å²) in [7, 11) is 1.78. The first-order valence-electron chi connectivity index (χ1n) is 9.00. The molecule has 2 fully saturated rings. The Morgan fingerprint density at radius 2 is 2.20 bits per heavy atom. The monoisotopic (exact) mass is 346 g/mol. The molecule has 4 rings (SSSR count). The summed E-state index contributed by atoms with van der Waals surface area (Å²) >= 11 is 0. The van der Waals surface area contributed by atoms with Crippen molar-refractivity contribution in [3.8, 4) is 11.5 Å². The third kappa shape index (κ3) is 3.82. The molecule has 0 radical (unpaired) electrons. The number of nitrogens with one attached hydrogen (secondary N) is 2. The number of ether oxygens (including phenoxy) is 3. The van der Waals surface area contributed by atoms with Crippen LogP contribution in [-0.4, -0.2) is 63.1 Å². The zero-order chi connectivity index (χ0) is 17.1. The topological polar surface area (TPSA) is 67.4 Å². The maximum atomic E-state index is 5.98. The first-order chi connectivity index (χ1) is 12.3. The summed E-state index contributed by atoms with van der Waals surface area (Å²) in [6.45, 7) is 4.82. The Labute approximate surface area is 148 Å². The van der Waals surface area contributed by atoms with Crippen LogP contribution in [0.2, 0.25) is 0 Å². The van der Waals surface area contributed by atoms with E-state index < -0.39 is 0 Å². The van der Waals surface area contributed by atoms with Crippen LogP contribution in [0.3, 0.4) is 0 Å². The Hall–Kier alpha value is -1.99. The molecular formula is C18H26N4O3. The van der Waals surface area contributed by atoms with E-state index in [2.05, 4.69) is 20.5 Å². The molecule has 7 nitrogen and oxygen atoms in total. The molecule has 0 bridgehead atoms. The van der Waals surface area contributed by atoms with Gasteiger partial charge >= 0.3 is 0 Å². The fourth-order valence-electron chi connectivity index (χ4n) is 3.68. The van der Waals surface area contributed by atoms with Gasteiger partial charge in [-0.05, 0) is 37.1 Å². The smallest absolute Gasteiger partial charge is 0.231 e. The molecule has 25 heavy (non-hydrogen) atoms. The van der Waals surface area contributed by atoms with Crippen LogP contribution in [0.5, 0.6) is 11.5 Å². The number of hydrogen-bond acceptors (Lipinski definition) is 5. The summed E-state index contributed by atoms with van der Waals surface area (Å²) < 4.78 is 16.7. The van der Waals surface area contributed by atoms with E-state index in [1.54, 1.807) is 7.05 Å². The minimum atomic E-state index is 0.221. The maximum absolute atomic E-state index is 5.98. The second kappa shape index (κ2) is 7.49. The van der Waals surface area contributed by atoms with Gasteiger partial charge in [0, 0.05) is 32.7 Å². The van der Waals surface area contributed by atoms with Gasteiger partial charge in [-0.25, -0.2) is 0 Å². The lowest BCUT2D eigenvalue weighted by atomic mass is 10.2. The lowest BCUT2D eigenvalue weighted by Crippen LogP contribution is -2.51. The average Bonchev–Trinajstić information content (AvgIpc) is 3.29. The number of fused-ring (bicyclic) bond motifs is 2. The summed E-state index contributed by atoms with van der Waals surface area (Å²) in [5, 5.41) is 6.71. The normalized spacial score (nSPS) is 25.7. The van der Waals surface area contributed by atoms with Crippen molar-refractivity contribution in [2.24, 2.45) is 4.99 Å². The zero-order valence-electron chi connectivity index (χ0n) is 14.7. The Balaban J connectivity index is 1.24. The van der Waals surface area contributed by atoms with Crippen molar-refractivity contribution in [2.75, 3.05) is 40.1 Å². The van der Waals surface area contributed by atoms with E-state index in [9.17, 15) is 0 Å². The standard InChI is InChI=1S/C18H26N4O3/c1-19-18(20-8-13-4-5-16-17(7-13)25-12-24-16)21-9-15-10-22-6-2-3-14(22)11-23-15/h4-5,7,14-15H,2-3,6,8-12H2,1H3,(H2,19,20,21). The van der Waals surface area contributed by atoms with Gasteiger partial charge in [-0.1, -0.05) is 6.07 Å². The van der Waals surface area contributed by atoms with E-state index in [0.29, 0.717) is 19.4 Å². The lowest BCUT2D eigenvalue weighted by Gasteiger charge is -2.35. The molecular weight excluding hydrogens is 320 g/mol. The fourth-order valence-corrected chi connectivity index (χ4v) is 3.68. The van der Waals surface area contributed by atoms with E-state index in [-0.39, 0.29) is 6.10 Å².